The molecule has 0 aliphatic carbocycles. The van der Waals surface area contributed by atoms with E-state index < -0.39 is 6.10 Å². The molecule has 2 rings (SSSR count). The molecule has 0 radical (unpaired) electrons. The molecule has 1 fully saturated rings. The van der Waals surface area contributed by atoms with Gasteiger partial charge < -0.3 is 14.6 Å². The zero-order valence-corrected chi connectivity index (χ0v) is 11.7. The van der Waals surface area contributed by atoms with Gasteiger partial charge in [0.2, 0.25) is 0 Å². The second-order valence-electron chi connectivity index (χ2n) is 4.84. The SMILES string of the molecule is CCOc1ccc([C@@H](O)[C@H](C)N2CCOCC2)cc1. The van der Waals surface area contributed by atoms with E-state index in [0.717, 1.165) is 37.6 Å². The van der Waals surface area contributed by atoms with Gasteiger partial charge >= 0.3 is 0 Å². The van der Waals surface area contributed by atoms with E-state index in [1.54, 1.807) is 0 Å². The molecule has 1 N–H and O–H groups in total. The Morgan fingerprint density at radius 2 is 1.89 bits per heavy atom. The molecular weight excluding hydrogens is 242 g/mol. The molecule has 1 saturated heterocycles. The van der Waals surface area contributed by atoms with Crippen LogP contribution in [-0.2, 0) is 4.74 Å². The third kappa shape index (κ3) is 3.69. The number of benzene rings is 1. The van der Waals surface area contributed by atoms with Crippen molar-refractivity contribution >= 4 is 0 Å². The molecule has 1 aliphatic rings. The molecule has 106 valence electrons. The first-order valence-electron chi connectivity index (χ1n) is 6.95. The van der Waals surface area contributed by atoms with E-state index in [2.05, 4.69) is 11.8 Å². The zero-order valence-electron chi connectivity index (χ0n) is 11.7. The number of aliphatic hydroxyl groups excluding tert-OH is 1. The second kappa shape index (κ2) is 6.89. The average Bonchev–Trinajstić information content (AvgIpc) is 2.48. The Labute approximate surface area is 114 Å². The van der Waals surface area contributed by atoms with Crippen LogP contribution in [0.4, 0.5) is 0 Å². The second-order valence-corrected chi connectivity index (χ2v) is 4.84. The fourth-order valence-corrected chi connectivity index (χ4v) is 2.39. The van der Waals surface area contributed by atoms with E-state index in [4.69, 9.17) is 9.47 Å². The minimum atomic E-state index is -0.478. The van der Waals surface area contributed by atoms with E-state index in [-0.39, 0.29) is 6.04 Å². The van der Waals surface area contributed by atoms with Gasteiger partial charge in [0.1, 0.15) is 5.75 Å². The smallest absolute Gasteiger partial charge is 0.119 e. The van der Waals surface area contributed by atoms with Gasteiger partial charge in [-0.05, 0) is 31.5 Å². The van der Waals surface area contributed by atoms with Gasteiger partial charge in [0.15, 0.2) is 0 Å². The van der Waals surface area contributed by atoms with Crippen LogP contribution in [0.1, 0.15) is 25.5 Å². The van der Waals surface area contributed by atoms with Gasteiger partial charge in [-0.25, -0.2) is 0 Å². The van der Waals surface area contributed by atoms with Crippen LogP contribution in [0.2, 0.25) is 0 Å². The van der Waals surface area contributed by atoms with Crippen LogP contribution in [0, 0.1) is 0 Å². The molecule has 2 atom stereocenters. The summed E-state index contributed by atoms with van der Waals surface area (Å²) in [4.78, 5) is 2.27. The lowest BCUT2D eigenvalue weighted by molar-refractivity contribution is -0.0166. The molecule has 1 aromatic carbocycles. The van der Waals surface area contributed by atoms with Gasteiger partial charge in [0.05, 0.1) is 25.9 Å². The van der Waals surface area contributed by atoms with Gasteiger partial charge in [-0.3, -0.25) is 4.90 Å². The standard InChI is InChI=1S/C15H23NO3/c1-3-19-14-6-4-13(5-7-14)15(17)12(2)16-8-10-18-11-9-16/h4-7,12,15,17H,3,8-11H2,1-2H3/t12-,15-/m0/s1. The molecule has 4 nitrogen and oxygen atoms in total. The van der Waals surface area contributed by atoms with Gasteiger partial charge in [0, 0.05) is 19.1 Å². The Bertz CT molecular complexity index is 373. The maximum Gasteiger partial charge on any atom is 0.119 e. The topological polar surface area (TPSA) is 41.9 Å². The number of ether oxygens (including phenoxy) is 2. The molecule has 0 aromatic heterocycles. The third-order valence-electron chi connectivity index (χ3n) is 3.61. The van der Waals surface area contributed by atoms with Crippen LogP contribution in [0.3, 0.4) is 0 Å². The molecule has 1 heterocycles. The number of morpholine rings is 1. The predicted octanol–water partition coefficient (Wildman–Crippen LogP) is 1.84. The van der Waals surface area contributed by atoms with Crippen molar-refractivity contribution in [3.8, 4) is 5.75 Å². The minimum Gasteiger partial charge on any atom is -0.494 e. The number of aliphatic hydroxyl groups is 1. The Morgan fingerprint density at radius 3 is 2.47 bits per heavy atom. The molecule has 0 unspecified atom stereocenters. The first kappa shape index (κ1) is 14.3. The summed E-state index contributed by atoms with van der Waals surface area (Å²) in [5.74, 6) is 0.845. The maximum atomic E-state index is 10.4. The Hall–Kier alpha value is -1.10. The molecule has 0 saturated carbocycles. The Morgan fingerprint density at radius 1 is 1.26 bits per heavy atom. The van der Waals surface area contributed by atoms with Crippen molar-refractivity contribution in [1.29, 1.82) is 0 Å². The van der Waals surface area contributed by atoms with E-state index in [1.165, 1.54) is 0 Å². The molecular formula is C15H23NO3. The highest BCUT2D eigenvalue weighted by Gasteiger charge is 2.24. The van der Waals surface area contributed by atoms with Crippen molar-refractivity contribution < 1.29 is 14.6 Å². The van der Waals surface area contributed by atoms with Crippen molar-refractivity contribution in [2.24, 2.45) is 0 Å². The summed E-state index contributed by atoms with van der Waals surface area (Å²) in [5.41, 5.74) is 0.933. The Kier molecular flexibility index (Phi) is 5.19. The van der Waals surface area contributed by atoms with Crippen molar-refractivity contribution in [3.63, 3.8) is 0 Å². The number of nitrogens with zero attached hydrogens (tertiary/aromatic N) is 1. The lowest BCUT2D eigenvalue weighted by Gasteiger charge is -2.35. The quantitative estimate of drug-likeness (QED) is 0.882. The van der Waals surface area contributed by atoms with Crippen LogP contribution in [0.25, 0.3) is 0 Å². The molecule has 0 bridgehead atoms. The van der Waals surface area contributed by atoms with Crippen molar-refractivity contribution in [3.05, 3.63) is 29.8 Å². The molecule has 19 heavy (non-hydrogen) atoms. The van der Waals surface area contributed by atoms with Gasteiger partial charge in [-0.15, -0.1) is 0 Å². The lowest BCUT2D eigenvalue weighted by atomic mass is 10.0. The van der Waals surface area contributed by atoms with Crippen LogP contribution in [0.5, 0.6) is 5.75 Å². The summed E-state index contributed by atoms with van der Waals surface area (Å²) >= 11 is 0. The molecule has 1 aromatic rings. The highest BCUT2D eigenvalue weighted by atomic mass is 16.5. The van der Waals surface area contributed by atoms with Gasteiger partial charge in [-0.1, -0.05) is 12.1 Å². The fraction of sp³-hybridized carbons (Fsp3) is 0.600. The summed E-state index contributed by atoms with van der Waals surface area (Å²) in [5, 5.41) is 10.4. The maximum absolute atomic E-state index is 10.4. The first-order valence-corrected chi connectivity index (χ1v) is 6.95. The van der Waals surface area contributed by atoms with Crippen molar-refractivity contribution in [2.45, 2.75) is 26.0 Å². The number of hydrogen-bond donors (Lipinski definition) is 1. The zero-order chi connectivity index (χ0) is 13.7. The van der Waals surface area contributed by atoms with E-state index in [9.17, 15) is 5.11 Å². The summed E-state index contributed by atoms with van der Waals surface area (Å²) < 4.78 is 10.7. The Balaban J connectivity index is 1.99. The van der Waals surface area contributed by atoms with Crippen LogP contribution in [-0.4, -0.2) is 49.0 Å². The minimum absolute atomic E-state index is 0.0989. The van der Waals surface area contributed by atoms with Crippen molar-refractivity contribution in [2.75, 3.05) is 32.9 Å². The monoisotopic (exact) mass is 265 g/mol. The first-order chi connectivity index (χ1) is 9.22. The predicted molar refractivity (Wildman–Crippen MR) is 74.4 cm³/mol. The van der Waals surface area contributed by atoms with Gasteiger partial charge in [0.25, 0.3) is 0 Å². The lowest BCUT2D eigenvalue weighted by Crippen LogP contribution is -2.44. The van der Waals surface area contributed by atoms with Crippen molar-refractivity contribution in [1.82, 2.24) is 4.90 Å². The normalized spacial score (nSPS) is 19.9. The van der Waals surface area contributed by atoms with E-state index >= 15 is 0 Å². The highest BCUT2D eigenvalue weighted by Crippen LogP contribution is 2.23. The number of rotatable bonds is 5. The summed E-state index contributed by atoms with van der Waals surface area (Å²) in [6.45, 7) is 7.95. The summed E-state index contributed by atoms with van der Waals surface area (Å²) in [6.07, 6.45) is -0.478. The van der Waals surface area contributed by atoms with E-state index in [1.807, 2.05) is 31.2 Å². The largest absolute Gasteiger partial charge is 0.494 e. The molecule has 0 amide bonds. The van der Waals surface area contributed by atoms with Crippen LogP contribution in [0.15, 0.2) is 24.3 Å². The molecule has 4 heteroatoms. The fourth-order valence-electron chi connectivity index (χ4n) is 2.39. The highest BCUT2D eigenvalue weighted by molar-refractivity contribution is 5.29. The molecule has 0 spiro atoms. The third-order valence-corrected chi connectivity index (χ3v) is 3.61. The molecule has 1 aliphatic heterocycles. The van der Waals surface area contributed by atoms with Crippen LogP contribution >= 0.6 is 0 Å². The van der Waals surface area contributed by atoms with Gasteiger partial charge in [-0.2, -0.15) is 0 Å². The van der Waals surface area contributed by atoms with Crippen LogP contribution < -0.4 is 4.74 Å². The van der Waals surface area contributed by atoms with E-state index in [0.29, 0.717) is 6.61 Å². The number of hydrogen-bond acceptors (Lipinski definition) is 4. The summed E-state index contributed by atoms with van der Waals surface area (Å²) in [7, 11) is 0. The summed E-state index contributed by atoms with van der Waals surface area (Å²) in [6, 6.07) is 7.79. The average molecular weight is 265 g/mol.